The lowest BCUT2D eigenvalue weighted by Gasteiger charge is -2.27. The fraction of sp³-hybridized carbons (Fsp3) is 0.889. The number of nitrogens with zero attached hydrogens (tertiary/aromatic N) is 2. The maximum absolute atomic E-state index is 11.8. The van der Waals surface area contributed by atoms with Gasteiger partial charge in [-0.05, 0) is 27.2 Å². The average molecular weight is 233 g/mol. The van der Waals surface area contributed by atoms with Crippen LogP contribution < -0.4 is 4.72 Å². The molecule has 0 amide bonds. The molecule has 6 heteroatoms. The van der Waals surface area contributed by atoms with Crippen LogP contribution in [0, 0.1) is 11.3 Å². The Morgan fingerprint density at radius 3 is 2.27 bits per heavy atom. The number of hydrogen-bond acceptors (Lipinski definition) is 3. The molecule has 1 unspecified atom stereocenters. The van der Waals surface area contributed by atoms with E-state index in [4.69, 9.17) is 5.26 Å². The molecule has 0 aromatic carbocycles. The molecule has 0 bridgehead atoms. The molecule has 0 aromatic heterocycles. The third kappa shape index (κ3) is 3.78. The lowest BCUT2D eigenvalue weighted by molar-refractivity contribution is 0.385. The summed E-state index contributed by atoms with van der Waals surface area (Å²) in [6, 6.07) is 1.82. The normalized spacial score (nSPS) is 16.4. The van der Waals surface area contributed by atoms with Crippen LogP contribution in [0.15, 0.2) is 0 Å². The summed E-state index contributed by atoms with van der Waals surface area (Å²) in [6.07, 6.45) is 0.425. The summed E-state index contributed by atoms with van der Waals surface area (Å²) in [5, 5.41) is 8.87. The quantitative estimate of drug-likeness (QED) is 0.765. The molecule has 0 saturated heterocycles. The summed E-state index contributed by atoms with van der Waals surface area (Å²) in [5.41, 5.74) is -1.04. The lowest BCUT2D eigenvalue weighted by atomic mass is 10.0. The summed E-state index contributed by atoms with van der Waals surface area (Å²) in [6.45, 7) is 6.88. The van der Waals surface area contributed by atoms with Crippen molar-refractivity contribution >= 4 is 10.2 Å². The van der Waals surface area contributed by atoms with Gasteiger partial charge >= 0.3 is 0 Å². The Morgan fingerprint density at radius 2 is 2.00 bits per heavy atom. The zero-order valence-corrected chi connectivity index (χ0v) is 10.7. The molecule has 0 spiro atoms. The molecule has 0 radical (unpaired) electrons. The van der Waals surface area contributed by atoms with E-state index in [-0.39, 0.29) is 6.04 Å². The Morgan fingerprint density at radius 1 is 1.53 bits per heavy atom. The van der Waals surface area contributed by atoms with E-state index in [0.29, 0.717) is 6.42 Å². The van der Waals surface area contributed by atoms with Crippen molar-refractivity contribution in [2.75, 3.05) is 7.05 Å². The monoisotopic (exact) mass is 233 g/mol. The molecule has 0 aliphatic carbocycles. The fourth-order valence-corrected chi connectivity index (χ4v) is 2.27. The zero-order valence-electron chi connectivity index (χ0n) is 9.90. The number of rotatable bonds is 5. The molecule has 0 fully saturated rings. The van der Waals surface area contributed by atoms with Crippen molar-refractivity contribution in [1.29, 1.82) is 5.26 Å². The topological polar surface area (TPSA) is 73.2 Å². The van der Waals surface area contributed by atoms with E-state index in [1.807, 2.05) is 6.07 Å². The average Bonchev–Trinajstić information content (AvgIpc) is 2.15. The van der Waals surface area contributed by atoms with Crippen molar-refractivity contribution in [3.8, 4) is 6.07 Å². The highest BCUT2D eigenvalue weighted by Gasteiger charge is 2.31. The molecule has 1 atom stereocenters. The summed E-state index contributed by atoms with van der Waals surface area (Å²) in [7, 11) is -2.09. The second-order valence-corrected chi connectivity index (χ2v) is 5.74. The highest BCUT2D eigenvalue weighted by Crippen LogP contribution is 2.11. The van der Waals surface area contributed by atoms with E-state index in [1.165, 1.54) is 11.4 Å². The van der Waals surface area contributed by atoms with Crippen molar-refractivity contribution in [2.45, 2.75) is 45.7 Å². The first-order valence-corrected chi connectivity index (χ1v) is 6.30. The van der Waals surface area contributed by atoms with Gasteiger partial charge in [-0.2, -0.15) is 22.7 Å². The molecular weight excluding hydrogens is 214 g/mol. The van der Waals surface area contributed by atoms with Crippen LogP contribution in [0.25, 0.3) is 0 Å². The predicted molar refractivity (Wildman–Crippen MR) is 59.3 cm³/mol. The van der Waals surface area contributed by atoms with Gasteiger partial charge in [-0.15, -0.1) is 0 Å². The standard InChI is InChI=1S/C9H19N3O2S/c1-6-9(4,7-10)11-15(13,14)12(5)8(2)3/h8,11H,6H2,1-5H3. The van der Waals surface area contributed by atoms with E-state index in [2.05, 4.69) is 4.72 Å². The molecule has 0 aliphatic rings. The van der Waals surface area contributed by atoms with Crippen molar-refractivity contribution in [3.05, 3.63) is 0 Å². The van der Waals surface area contributed by atoms with Gasteiger partial charge in [0.15, 0.2) is 0 Å². The largest absolute Gasteiger partial charge is 0.280 e. The van der Waals surface area contributed by atoms with Gasteiger partial charge in [-0.3, -0.25) is 0 Å². The second kappa shape index (κ2) is 4.92. The van der Waals surface area contributed by atoms with Gasteiger partial charge in [0.25, 0.3) is 10.2 Å². The summed E-state index contributed by atoms with van der Waals surface area (Å²) in [5.74, 6) is 0. The minimum Gasteiger partial charge on any atom is -0.196 e. The first kappa shape index (κ1) is 14.4. The third-order valence-electron chi connectivity index (χ3n) is 2.41. The van der Waals surface area contributed by atoms with Gasteiger partial charge in [0.1, 0.15) is 5.54 Å². The van der Waals surface area contributed by atoms with E-state index in [1.54, 1.807) is 27.7 Å². The number of nitriles is 1. The van der Waals surface area contributed by atoms with E-state index < -0.39 is 15.7 Å². The Bertz CT molecular complexity index is 345. The second-order valence-electron chi connectivity index (χ2n) is 4.01. The predicted octanol–water partition coefficient (Wildman–Crippen LogP) is 0.853. The van der Waals surface area contributed by atoms with Crippen molar-refractivity contribution in [1.82, 2.24) is 9.03 Å². The Labute approximate surface area is 92.3 Å². The number of nitrogens with one attached hydrogen (secondary N) is 1. The summed E-state index contributed by atoms with van der Waals surface area (Å²) in [4.78, 5) is 0. The lowest BCUT2D eigenvalue weighted by Crippen LogP contribution is -2.51. The molecule has 0 rings (SSSR count). The van der Waals surface area contributed by atoms with Crippen molar-refractivity contribution in [3.63, 3.8) is 0 Å². The van der Waals surface area contributed by atoms with Gasteiger partial charge in [-0.1, -0.05) is 6.92 Å². The maximum atomic E-state index is 11.8. The SMILES string of the molecule is CCC(C)(C#N)NS(=O)(=O)N(C)C(C)C. The van der Waals surface area contributed by atoms with Crippen LogP contribution in [0.5, 0.6) is 0 Å². The van der Waals surface area contributed by atoms with Gasteiger partial charge < -0.3 is 0 Å². The van der Waals surface area contributed by atoms with Crippen molar-refractivity contribution in [2.24, 2.45) is 0 Å². The van der Waals surface area contributed by atoms with Crippen LogP contribution in [0.2, 0.25) is 0 Å². The molecule has 15 heavy (non-hydrogen) atoms. The van der Waals surface area contributed by atoms with Crippen LogP contribution in [0.3, 0.4) is 0 Å². The van der Waals surface area contributed by atoms with Crippen LogP contribution in [-0.4, -0.2) is 31.4 Å². The molecule has 0 saturated carbocycles. The summed E-state index contributed by atoms with van der Waals surface area (Å²) >= 11 is 0. The van der Waals surface area contributed by atoms with Crippen LogP contribution in [-0.2, 0) is 10.2 Å². The minimum absolute atomic E-state index is 0.137. The Kier molecular flexibility index (Phi) is 4.71. The van der Waals surface area contributed by atoms with E-state index >= 15 is 0 Å². The highest BCUT2D eigenvalue weighted by molar-refractivity contribution is 7.87. The van der Waals surface area contributed by atoms with Gasteiger partial charge in [0, 0.05) is 13.1 Å². The van der Waals surface area contributed by atoms with E-state index in [9.17, 15) is 8.42 Å². The molecule has 0 aliphatic heterocycles. The maximum Gasteiger partial charge on any atom is 0.280 e. The highest BCUT2D eigenvalue weighted by atomic mass is 32.2. The van der Waals surface area contributed by atoms with Crippen LogP contribution in [0.4, 0.5) is 0 Å². The fourth-order valence-electron chi connectivity index (χ4n) is 0.808. The molecule has 88 valence electrons. The molecule has 0 aromatic rings. The Hall–Kier alpha value is -0.640. The Balaban J connectivity index is 4.89. The van der Waals surface area contributed by atoms with E-state index in [0.717, 1.165) is 0 Å². The molecular formula is C9H19N3O2S. The smallest absolute Gasteiger partial charge is 0.196 e. The molecule has 0 heterocycles. The molecule has 5 nitrogen and oxygen atoms in total. The molecule has 1 N–H and O–H groups in total. The van der Waals surface area contributed by atoms with Gasteiger partial charge in [0.05, 0.1) is 6.07 Å². The number of hydrogen-bond donors (Lipinski definition) is 1. The minimum atomic E-state index is -3.58. The van der Waals surface area contributed by atoms with Gasteiger partial charge in [-0.25, -0.2) is 0 Å². The third-order valence-corrected chi connectivity index (χ3v) is 4.30. The van der Waals surface area contributed by atoms with Crippen molar-refractivity contribution < 1.29 is 8.42 Å². The zero-order chi connectivity index (χ0) is 12.3. The van der Waals surface area contributed by atoms with Gasteiger partial charge in [0.2, 0.25) is 0 Å². The first-order chi connectivity index (χ1) is 6.68. The van der Waals surface area contributed by atoms with Crippen LogP contribution in [0.1, 0.15) is 34.1 Å². The van der Waals surface area contributed by atoms with Crippen LogP contribution >= 0.6 is 0 Å². The first-order valence-electron chi connectivity index (χ1n) is 4.86. The summed E-state index contributed by atoms with van der Waals surface area (Å²) < 4.78 is 27.1.